The van der Waals surface area contributed by atoms with E-state index in [1.54, 1.807) is 16.7 Å². The highest BCUT2D eigenvalue weighted by molar-refractivity contribution is 6.38. The van der Waals surface area contributed by atoms with Crippen molar-refractivity contribution in [2.75, 3.05) is 11.9 Å². The normalized spacial score (nSPS) is 22.4. The molecule has 1 aromatic heterocycles. The Kier molecular flexibility index (Phi) is 7.71. The van der Waals surface area contributed by atoms with Crippen molar-refractivity contribution < 1.29 is 33.3 Å². The van der Waals surface area contributed by atoms with Crippen LogP contribution in [0.3, 0.4) is 0 Å². The van der Waals surface area contributed by atoms with Gasteiger partial charge in [-0.25, -0.2) is 4.98 Å². The lowest BCUT2D eigenvalue weighted by Crippen LogP contribution is -2.40. The molecule has 0 amide bonds. The minimum atomic E-state index is -1.07. The molecule has 12 heteroatoms. The number of carbonyl (C=O) groups is 3. The summed E-state index contributed by atoms with van der Waals surface area (Å²) in [6, 6.07) is 3.19. The van der Waals surface area contributed by atoms with Gasteiger partial charge in [0, 0.05) is 31.8 Å². The van der Waals surface area contributed by atoms with Crippen LogP contribution in [0.15, 0.2) is 12.1 Å². The van der Waals surface area contributed by atoms with Crippen LogP contribution in [0, 0.1) is 0 Å². The van der Waals surface area contributed by atoms with Crippen LogP contribution in [0.4, 0.5) is 5.95 Å². The SMILES string of the molecule is CC(=O)OCC1OC(n2c(NC(C)C)nc3c(Cl)cc(Cl)cc32)C(OC(C)=O)C1OC(C)=O. The van der Waals surface area contributed by atoms with E-state index >= 15 is 0 Å². The maximum Gasteiger partial charge on any atom is 0.303 e. The Hall–Kier alpha value is -2.56. The monoisotopic (exact) mass is 501 g/mol. The molecule has 1 saturated heterocycles. The molecule has 4 unspecified atom stereocenters. The predicted octanol–water partition coefficient (Wildman–Crippen LogP) is 3.49. The van der Waals surface area contributed by atoms with Gasteiger partial charge in [0.2, 0.25) is 5.95 Å². The molecule has 0 radical (unpaired) electrons. The summed E-state index contributed by atoms with van der Waals surface area (Å²) >= 11 is 12.6. The molecule has 33 heavy (non-hydrogen) atoms. The van der Waals surface area contributed by atoms with E-state index in [9.17, 15) is 14.4 Å². The molecule has 0 bridgehead atoms. The second-order valence-corrected chi connectivity index (χ2v) is 8.72. The second-order valence-electron chi connectivity index (χ2n) is 7.88. The van der Waals surface area contributed by atoms with Gasteiger partial charge >= 0.3 is 17.9 Å². The molecule has 2 aromatic rings. The van der Waals surface area contributed by atoms with Crippen LogP contribution >= 0.6 is 23.2 Å². The highest BCUT2D eigenvalue weighted by atomic mass is 35.5. The zero-order valence-corrected chi connectivity index (χ0v) is 20.3. The molecular formula is C21H25Cl2N3O7. The minimum absolute atomic E-state index is 0.0236. The Morgan fingerprint density at radius 1 is 1.09 bits per heavy atom. The van der Waals surface area contributed by atoms with Crippen molar-refractivity contribution in [1.82, 2.24) is 9.55 Å². The predicted molar refractivity (Wildman–Crippen MR) is 120 cm³/mol. The van der Waals surface area contributed by atoms with E-state index in [1.807, 2.05) is 13.8 Å². The van der Waals surface area contributed by atoms with Crippen LogP contribution in [0.1, 0.15) is 40.8 Å². The summed E-state index contributed by atoms with van der Waals surface area (Å²) in [6.07, 6.45) is -4.03. The third-order valence-electron chi connectivity index (χ3n) is 4.73. The summed E-state index contributed by atoms with van der Waals surface area (Å²) in [5, 5.41) is 3.90. The average molecular weight is 502 g/mol. The number of aromatic nitrogens is 2. The van der Waals surface area contributed by atoms with Crippen molar-refractivity contribution in [1.29, 1.82) is 0 Å². The topological polar surface area (TPSA) is 118 Å². The summed E-state index contributed by atoms with van der Waals surface area (Å²) < 4.78 is 23.9. The second kappa shape index (κ2) is 10.1. The number of halogens is 2. The number of benzene rings is 1. The van der Waals surface area contributed by atoms with Crippen molar-refractivity contribution in [3.8, 4) is 0 Å². The largest absolute Gasteiger partial charge is 0.463 e. The van der Waals surface area contributed by atoms with E-state index < -0.39 is 42.4 Å². The number of esters is 3. The molecule has 1 N–H and O–H groups in total. The molecule has 0 saturated carbocycles. The van der Waals surface area contributed by atoms with Crippen LogP contribution < -0.4 is 5.32 Å². The molecule has 1 aromatic carbocycles. The fourth-order valence-corrected chi connectivity index (χ4v) is 4.16. The minimum Gasteiger partial charge on any atom is -0.463 e. The summed E-state index contributed by atoms with van der Waals surface area (Å²) in [5.74, 6) is -1.39. The molecule has 180 valence electrons. The van der Waals surface area contributed by atoms with Crippen molar-refractivity contribution in [2.24, 2.45) is 0 Å². The fourth-order valence-electron chi connectivity index (χ4n) is 3.64. The first-order valence-corrected chi connectivity index (χ1v) is 11.0. The number of nitrogens with one attached hydrogen (secondary N) is 1. The molecule has 0 aliphatic carbocycles. The highest BCUT2D eigenvalue weighted by Crippen LogP contribution is 2.40. The number of carbonyl (C=O) groups excluding carboxylic acids is 3. The zero-order chi connectivity index (χ0) is 24.4. The average Bonchev–Trinajstić information content (AvgIpc) is 3.17. The Labute approximate surface area is 200 Å². The number of anilines is 1. The number of imidazole rings is 1. The number of fused-ring (bicyclic) bond motifs is 1. The molecule has 4 atom stereocenters. The van der Waals surface area contributed by atoms with E-state index in [0.29, 0.717) is 27.0 Å². The standard InChI is InChI=1S/C21H25Cl2N3O7/c1-9(2)24-21-25-17-14(23)6-13(22)7-15(17)26(21)20-19(32-12(5)29)18(31-11(4)28)16(33-20)8-30-10(3)27/h6-7,9,16,18-20H,8H2,1-5H3,(H,24,25). The van der Waals surface area contributed by atoms with Gasteiger partial charge < -0.3 is 24.3 Å². The quantitative estimate of drug-likeness (QED) is 0.448. The highest BCUT2D eigenvalue weighted by Gasteiger charge is 2.51. The van der Waals surface area contributed by atoms with Gasteiger partial charge in [-0.15, -0.1) is 0 Å². The van der Waals surface area contributed by atoms with Crippen molar-refractivity contribution in [3.63, 3.8) is 0 Å². The molecule has 1 aliphatic rings. The number of hydrogen-bond donors (Lipinski definition) is 1. The summed E-state index contributed by atoms with van der Waals surface area (Å²) in [5.41, 5.74) is 0.953. The van der Waals surface area contributed by atoms with Gasteiger partial charge in [-0.3, -0.25) is 19.0 Å². The summed E-state index contributed by atoms with van der Waals surface area (Å²) in [4.78, 5) is 39.8. The maximum atomic E-state index is 12.0. The van der Waals surface area contributed by atoms with E-state index in [4.69, 9.17) is 42.1 Å². The Bertz CT molecular complexity index is 1070. The molecule has 2 heterocycles. The summed E-state index contributed by atoms with van der Waals surface area (Å²) in [7, 11) is 0. The number of rotatable bonds is 7. The first kappa shape index (κ1) is 25.1. The maximum absolute atomic E-state index is 12.0. The smallest absolute Gasteiger partial charge is 0.303 e. The molecule has 1 fully saturated rings. The first-order valence-electron chi connectivity index (χ1n) is 10.2. The van der Waals surface area contributed by atoms with Crippen molar-refractivity contribution in [2.45, 2.75) is 65.2 Å². The van der Waals surface area contributed by atoms with Crippen LogP contribution in [-0.2, 0) is 33.3 Å². The van der Waals surface area contributed by atoms with Crippen molar-refractivity contribution in [3.05, 3.63) is 22.2 Å². The Morgan fingerprint density at radius 2 is 1.73 bits per heavy atom. The van der Waals surface area contributed by atoms with Crippen molar-refractivity contribution >= 4 is 58.1 Å². The van der Waals surface area contributed by atoms with Gasteiger partial charge in [0.1, 0.15) is 18.2 Å². The lowest BCUT2D eigenvalue weighted by Gasteiger charge is -2.25. The zero-order valence-electron chi connectivity index (χ0n) is 18.8. The lowest BCUT2D eigenvalue weighted by molar-refractivity contribution is -0.166. The van der Waals surface area contributed by atoms with Gasteiger partial charge in [-0.1, -0.05) is 23.2 Å². The molecule has 10 nitrogen and oxygen atoms in total. The van der Waals surface area contributed by atoms with Crippen LogP contribution in [0.25, 0.3) is 11.0 Å². The van der Waals surface area contributed by atoms with E-state index in [2.05, 4.69) is 10.3 Å². The molecule has 3 rings (SSSR count). The lowest BCUT2D eigenvalue weighted by atomic mass is 10.1. The van der Waals surface area contributed by atoms with Gasteiger partial charge in [-0.05, 0) is 26.0 Å². The fraction of sp³-hybridized carbons (Fsp3) is 0.524. The summed E-state index contributed by atoms with van der Waals surface area (Å²) in [6.45, 7) is 7.32. The van der Waals surface area contributed by atoms with E-state index in [1.165, 1.54) is 20.8 Å². The van der Waals surface area contributed by atoms with Crippen LogP contribution in [-0.4, -0.2) is 58.4 Å². The number of ether oxygens (including phenoxy) is 4. The third kappa shape index (κ3) is 5.69. The van der Waals surface area contributed by atoms with Crippen LogP contribution in [0.5, 0.6) is 0 Å². The van der Waals surface area contributed by atoms with Gasteiger partial charge in [0.25, 0.3) is 0 Å². The van der Waals surface area contributed by atoms with Gasteiger partial charge in [-0.2, -0.15) is 0 Å². The third-order valence-corrected chi connectivity index (χ3v) is 5.23. The van der Waals surface area contributed by atoms with E-state index in [-0.39, 0.29) is 12.6 Å². The first-order chi connectivity index (χ1) is 15.5. The number of nitrogens with zero attached hydrogens (tertiary/aromatic N) is 2. The van der Waals surface area contributed by atoms with Gasteiger partial charge in [0.05, 0.1) is 10.5 Å². The van der Waals surface area contributed by atoms with Gasteiger partial charge in [0.15, 0.2) is 18.4 Å². The molecule has 0 spiro atoms. The Morgan fingerprint density at radius 3 is 2.30 bits per heavy atom. The molecule has 1 aliphatic heterocycles. The van der Waals surface area contributed by atoms with E-state index in [0.717, 1.165) is 0 Å². The Balaban J connectivity index is 2.17. The molecular weight excluding hydrogens is 477 g/mol. The number of hydrogen-bond acceptors (Lipinski definition) is 9. The van der Waals surface area contributed by atoms with Crippen LogP contribution in [0.2, 0.25) is 10.0 Å².